The van der Waals surface area contributed by atoms with Crippen molar-refractivity contribution in [3.05, 3.63) is 29.8 Å². The first kappa shape index (κ1) is 16.3. The Labute approximate surface area is 138 Å². The predicted molar refractivity (Wildman–Crippen MR) is 91.5 cm³/mol. The molecule has 0 spiro atoms. The Morgan fingerprint density at radius 1 is 1.39 bits per heavy atom. The Balaban J connectivity index is 1.51. The number of nitrogens with zero attached hydrogens (tertiary/aromatic N) is 1. The summed E-state index contributed by atoms with van der Waals surface area (Å²) in [5, 5.41) is 3.04. The van der Waals surface area contributed by atoms with E-state index in [9.17, 15) is 4.79 Å². The van der Waals surface area contributed by atoms with E-state index in [2.05, 4.69) is 41.4 Å². The largest absolute Gasteiger partial charge is 0.381 e. The van der Waals surface area contributed by atoms with Crippen LogP contribution in [0.4, 0.5) is 5.69 Å². The van der Waals surface area contributed by atoms with Crippen molar-refractivity contribution in [2.24, 2.45) is 11.7 Å². The fourth-order valence-corrected chi connectivity index (χ4v) is 3.59. The predicted octanol–water partition coefficient (Wildman–Crippen LogP) is 1.31. The summed E-state index contributed by atoms with van der Waals surface area (Å²) in [7, 11) is 0. The summed E-state index contributed by atoms with van der Waals surface area (Å²) < 4.78 is 5.33. The topological polar surface area (TPSA) is 67.6 Å². The Morgan fingerprint density at radius 3 is 2.91 bits per heavy atom. The number of carbonyl (C=O) groups excluding carboxylic acids is 1. The van der Waals surface area contributed by atoms with Gasteiger partial charge in [0.25, 0.3) is 0 Å². The number of benzene rings is 1. The smallest absolute Gasteiger partial charge is 0.237 e. The van der Waals surface area contributed by atoms with Crippen molar-refractivity contribution in [1.82, 2.24) is 5.32 Å². The number of carbonyl (C=O) groups is 1. The van der Waals surface area contributed by atoms with Gasteiger partial charge in [-0.15, -0.1) is 0 Å². The zero-order valence-electron chi connectivity index (χ0n) is 13.8. The van der Waals surface area contributed by atoms with Gasteiger partial charge in [-0.3, -0.25) is 4.79 Å². The number of ether oxygens (including phenoxy) is 1. The quantitative estimate of drug-likeness (QED) is 0.859. The van der Waals surface area contributed by atoms with E-state index in [-0.39, 0.29) is 17.9 Å². The SMILES string of the molecule is CC(CNC(=O)C(N)C1CCOCC1)N1CCc2ccccc21. The van der Waals surface area contributed by atoms with Crippen LogP contribution in [0.5, 0.6) is 0 Å². The molecule has 2 aliphatic heterocycles. The molecule has 1 aromatic carbocycles. The van der Waals surface area contributed by atoms with E-state index < -0.39 is 6.04 Å². The number of rotatable bonds is 5. The van der Waals surface area contributed by atoms with Gasteiger partial charge >= 0.3 is 0 Å². The molecule has 1 fully saturated rings. The molecule has 0 radical (unpaired) electrons. The van der Waals surface area contributed by atoms with Crippen LogP contribution in [0.2, 0.25) is 0 Å². The third kappa shape index (κ3) is 3.67. The minimum atomic E-state index is -0.419. The maximum atomic E-state index is 12.3. The Morgan fingerprint density at radius 2 is 2.13 bits per heavy atom. The molecule has 5 heteroatoms. The fraction of sp³-hybridized carbons (Fsp3) is 0.611. The highest BCUT2D eigenvalue weighted by molar-refractivity contribution is 5.81. The molecule has 126 valence electrons. The molecule has 5 nitrogen and oxygen atoms in total. The van der Waals surface area contributed by atoms with Crippen molar-refractivity contribution in [2.75, 3.05) is 31.2 Å². The Kier molecular flexibility index (Phi) is 5.18. The molecule has 0 aliphatic carbocycles. The molecule has 23 heavy (non-hydrogen) atoms. The van der Waals surface area contributed by atoms with E-state index in [0.29, 0.717) is 19.8 Å². The van der Waals surface area contributed by atoms with E-state index in [4.69, 9.17) is 10.5 Å². The first-order valence-electron chi connectivity index (χ1n) is 8.62. The minimum absolute atomic E-state index is 0.0313. The van der Waals surface area contributed by atoms with Gasteiger partial charge in [-0.2, -0.15) is 0 Å². The Bertz CT molecular complexity index is 543. The molecule has 1 aromatic rings. The van der Waals surface area contributed by atoms with Crippen LogP contribution in [0, 0.1) is 5.92 Å². The number of amides is 1. The fourth-order valence-electron chi connectivity index (χ4n) is 3.59. The van der Waals surface area contributed by atoms with Crippen LogP contribution in [0.1, 0.15) is 25.3 Å². The monoisotopic (exact) mass is 317 g/mol. The molecule has 1 saturated heterocycles. The first-order chi connectivity index (χ1) is 11.2. The molecular formula is C18H27N3O2. The lowest BCUT2D eigenvalue weighted by molar-refractivity contribution is -0.124. The van der Waals surface area contributed by atoms with Crippen LogP contribution in [0.15, 0.2) is 24.3 Å². The molecule has 0 aromatic heterocycles. The zero-order chi connectivity index (χ0) is 16.2. The standard InChI is InChI=1S/C18H27N3O2/c1-13(21-9-6-14-4-2-3-5-16(14)21)12-20-18(22)17(19)15-7-10-23-11-8-15/h2-5,13,15,17H,6-12,19H2,1H3,(H,20,22). The molecule has 1 amide bonds. The summed E-state index contributed by atoms with van der Waals surface area (Å²) in [6, 6.07) is 8.35. The minimum Gasteiger partial charge on any atom is -0.381 e. The number of fused-ring (bicyclic) bond motifs is 1. The lowest BCUT2D eigenvalue weighted by Gasteiger charge is -2.30. The molecule has 0 bridgehead atoms. The summed E-state index contributed by atoms with van der Waals surface area (Å²) >= 11 is 0. The van der Waals surface area contributed by atoms with E-state index in [1.54, 1.807) is 0 Å². The van der Waals surface area contributed by atoms with Gasteiger partial charge in [-0.25, -0.2) is 0 Å². The molecule has 0 saturated carbocycles. The van der Waals surface area contributed by atoms with Crippen molar-refractivity contribution in [1.29, 1.82) is 0 Å². The van der Waals surface area contributed by atoms with Gasteiger partial charge in [0, 0.05) is 38.0 Å². The summed E-state index contributed by atoms with van der Waals surface area (Å²) in [5.41, 5.74) is 8.81. The van der Waals surface area contributed by atoms with Gasteiger partial charge in [-0.05, 0) is 43.7 Å². The lowest BCUT2D eigenvalue weighted by atomic mass is 9.92. The summed E-state index contributed by atoms with van der Waals surface area (Å²) in [4.78, 5) is 14.7. The second-order valence-corrected chi connectivity index (χ2v) is 6.64. The average Bonchev–Trinajstić information content (AvgIpc) is 3.03. The van der Waals surface area contributed by atoms with Crippen molar-refractivity contribution >= 4 is 11.6 Å². The second-order valence-electron chi connectivity index (χ2n) is 6.64. The summed E-state index contributed by atoms with van der Waals surface area (Å²) in [5.74, 6) is 0.211. The number of hydrogen-bond acceptors (Lipinski definition) is 4. The van der Waals surface area contributed by atoms with Crippen molar-refractivity contribution < 1.29 is 9.53 Å². The number of para-hydroxylation sites is 1. The van der Waals surface area contributed by atoms with E-state index in [1.165, 1.54) is 11.3 Å². The van der Waals surface area contributed by atoms with Gasteiger partial charge in [0.2, 0.25) is 5.91 Å². The highest BCUT2D eigenvalue weighted by Crippen LogP contribution is 2.28. The molecule has 2 atom stereocenters. The lowest BCUT2D eigenvalue weighted by Crippen LogP contribution is -2.50. The van der Waals surface area contributed by atoms with E-state index in [1.807, 2.05) is 0 Å². The van der Waals surface area contributed by atoms with Crippen LogP contribution < -0.4 is 16.0 Å². The molecular weight excluding hydrogens is 290 g/mol. The Hall–Kier alpha value is -1.59. The average molecular weight is 317 g/mol. The summed E-state index contributed by atoms with van der Waals surface area (Å²) in [6.45, 7) is 5.23. The van der Waals surface area contributed by atoms with Crippen molar-refractivity contribution in [2.45, 2.75) is 38.3 Å². The van der Waals surface area contributed by atoms with E-state index in [0.717, 1.165) is 25.8 Å². The highest BCUT2D eigenvalue weighted by Gasteiger charge is 2.28. The van der Waals surface area contributed by atoms with Crippen molar-refractivity contribution in [3.8, 4) is 0 Å². The van der Waals surface area contributed by atoms with Gasteiger partial charge in [0.15, 0.2) is 0 Å². The van der Waals surface area contributed by atoms with Gasteiger partial charge < -0.3 is 20.7 Å². The number of nitrogens with one attached hydrogen (secondary N) is 1. The molecule has 2 aliphatic rings. The van der Waals surface area contributed by atoms with Crippen LogP contribution in [-0.2, 0) is 16.0 Å². The van der Waals surface area contributed by atoms with Crippen LogP contribution in [0.25, 0.3) is 0 Å². The van der Waals surface area contributed by atoms with Crippen LogP contribution in [0.3, 0.4) is 0 Å². The third-order valence-corrected chi connectivity index (χ3v) is 5.10. The normalized spacial score (nSPS) is 20.9. The first-order valence-corrected chi connectivity index (χ1v) is 8.62. The maximum absolute atomic E-state index is 12.3. The molecule has 2 unspecified atom stereocenters. The number of anilines is 1. The molecule has 3 N–H and O–H groups in total. The van der Waals surface area contributed by atoms with Gasteiger partial charge in [-0.1, -0.05) is 18.2 Å². The van der Waals surface area contributed by atoms with Crippen LogP contribution >= 0.6 is 0 Å². The molecule has 3 rings (SSSR count). The van der Waals surface area contributed by atoms with Crippen LogP contribution in [-0.4, -0.2) is 44.3 Å². The van der Waals surface area contributed by atoms with Gasteiger partial charge in [0.1, 0.15) is 0 Å². The molecule has 2 heterocycles. The maximum Gasteiger partial charge on any atom is 0.237 e. The van der Waals surface area contributed by atoms with Gasteiger partial charge in [0.05, 0.1) is 6.04 Å². The second kappa shape index (κ2) is 7.32. The number of hydrogen-bond donors (Lipinski definition) is 2. The third-order valence-electron chi connectivity index (χ3n) is 5.10. The van der Waals surface area contributed by atoms with E-state index >= 15 is 0 Å². The van der Waals surface area contributed by atoms with Crippen molar-refractivity contribution in [3.63, 3.8) is 0 Å². The summed E-state index contributed by atoms with van der Waals surface area (Å²) in [6.07, 6.45) is 2.84. The zero-order valence-corrected chi connectivity index (χ0v) is 13.8. The number of nitrogens with two attached hydrogens (primary N) is 1. The highest BCUT2D eigenvalue weighted by atomic mass is 16.5.